The number of allylic oxidation sites excluding steroid dienone is 1. The molecule has 1 atom stereocenters. The highest BCUT2D eigenvalue weighted by Gasteiger charge is 2.32. The summed E-state index contributed by atoms with van der Waals surface area (Å²) in [5, 5.41) is 11.4. The summed E-state index contributed by atoms with van der Waals surface area (Å²) in [4.78, 5) is 22.0. The Balaban J connectivity index is 3.72. The SMILES string of the molecule is C=CCC(C=O)c1cc(OC)c(OC)c(OC)c1[N+](=O)[O-]. The minimum Gasteiger partial charge on any atom is -0.493 e. The Kier molecular flexibility index (Phi) is 5.71. The van der Waals surface area contributed by atoms with Crippen LogP contribution in [0.25, 0.3) is 0 Å². The number of methoxy groups -OCH3 is 3. The first-order valence-corrected chi connectivity index (χ1v) is 6.09. The lowest BCUT2D eigenvalue weighted by Gasteiger charge is -2.17. The van der Waals surface area contributed by atoms with Crippen molar-refractivity contribution < 1.29 is 23.9 Å². The molecule has 1 aromatic carbocycles. The van der Waals surface area contributed by atoms with Gasteiger partial charge in [0.25, 0.3) is 0 Å². The fourth-order valence-electron chi connectivity index (χ4n) is 2.07. The second-order valence-electron chi connectivity index (χ2n) is 4.11. The van der Waals surface area contributed by atoms with Gasteiger partial charge in [-0.15, -0.1) is 6.58 Å². The summed E-state index contributed by atoms with van der Waals surface area (Å²) >= 11 is 0. The lowest BCUT2D eigenvalue weighted by atomic mass is 9.94. The minimum absolute atomic E-state index is 0.0761. The van der Waals surface area contributed by atoms with Crippen LogP contribution in [0.5, 0.6) is 17.2 Å². The van der Waals surface area contributed by atoms with Gasteiger partial charge in [-0.2, -0.15) is 0 Å². The van der Waals surface area contributed by atoms with Crippen molar-refractivity contribution >= 4 is 12.0 Å². The molecule has 7 heteroatoms. The summed E-state index contributed by atoms with van der Waals surface area (Å²) in [6.07, 6.45) is 2.42. The maximum Gasteiger partial charge on any atom is 0.319 e. The lowest BCUT2D eigenvalue weighted by Crippen LogP contribution is -2.08. The molecule has 1 rings (SSSR count). The van der Waals surface area contributed by atoms with Gasteiger partial charge in [-0.05, 0) is 12.5 Å². The van der Waals surface area contributed by atoms with Crippen molar-refractivity contribution in [2.24, 2.45) is 0 Å². The summed E-state index contributed by atoms with van der Waals surface area (Å²) < 4.78 is 15.4. The Morgan fingerprint density at radius 2 is 1.90 bits per heavy atom. The number of carbonyl (C=O) groups is 1. The van der Waals surface area contributed by atoms with E-state index in [9.17, 15) is 14.9 Å². The number of ether oxygens (including phenoxy) is 3. The molecule has 0 fully saturated rings. The van der Waals surface area contributed by atoms with E-state index in [-0.39, 0.29) is 34.9 Å². The fraction of sp³-hybridized carbons (Fsp3) is 0.357. The quantitative estimate of drug-likeness (QED) is 0.317. The molecule has 0 bridgehead atoms. The molecule has 114 valence electrons. The third-order valence-corrected chi connectivity index (χ3v) is 3.00. The molecule has 0 saturated heterocycles. The number of nitro groups is 1. The zero-order chi connectivity index (χ0) is 16.0. The van der Waals surface area contributed by atoms with Crippen molar-refractivity contribution in [2.45, 2.75) is 12.3 Å². The molecule has 21 heavy (non-hydrogen) atoms. The van der Waals surface area contributed by atoms with Crippen LogP contribution in [0.1, 0.15) is 17.9 Å². The van der Waals surface area contributed by atoms with Crippen LogP contribution < -0.4 is 14.2 Å². The van der Waals surface area contributed by atoms with E-state index in [2.05, 4.69) is 6.58 Å². The van der Waals surface area contributed by atoms with Crippen LogP contribution in [0, 0.1) is 10.1 Å². The standard InChI is InChI=1S/C14H17NO6/c1-5-6-9(8-16)10-7-11(19-2)13(20-3)14(21-4)12(10)15(17)18/h5,7-9H,1,6H2,2-4H3. The van der Waals surface area contributed by atoms with Crippen LogP contribution in [-0.4, -0.2) is 32.5 Å². The molecule has 1 unspecified atom stereocenters. The number of hydrogen-bond donors (Lipinski definition) is 0. The van der Waals surface area contributed by atoms with Gasteiger partial charge in [0.1, 0.15) is 6.29 Å². The number of rotatable bonds is 8. The predicted molar refractivity (Wildman–Crippen MR) is 76.4 cm³/mol. The lowest BCUT2D eigenvalue weighted by molar-refractivity contribution is -0.386. The molecule has 0 aliphatic rings. The summed E-state index contributed by atoms with van der Waals surface area (Å²) in [5.74, 6) is -0.422. The van der Waals surface area contributed by atoms with Crippen molar-refractivity contribution in [1.82, 2.24) is 0 Å². The van der Waals surface area contributed by atoms with Crippen molar-refractivity contribution in [3.05, 3.63) is 34.4 Å². The molecule has 0 radical (unpaired) electrons. The van der Waals surface area contributed by atoms with Gasteiger partial charge in [-0.25, -0.2) is 0 Å². The number of aldehydes is 1. The smallest absolute Gasteiger partial charge is 0.319 e. The maximum atomic E-state index is 11.4. The number of nitro benzene ring substituents is 1. The second kappa shape index (κ2) is 7.28. The topological polar surface area (TPSA) is 87.9 Å². The Bertz CT molecular complexity index is 555. The number of carbonyl (C=O) groups excluding carboxylic acids is 1. The van der Waals surface area contributed by atoms with Gasteiger partial charge in [-0.3, -0.25) is 10.1 Å². The van der Waals surface area contributed by atoms with E-state index in [0.29, 0.717) is 6.29 Å². The van der Waals surface area contributed by atoms with Gasteiger partial charge in [0.05, 0.1) is 32.2 Å². The minimum atomic E-state index is -0.711. The first-order chi connectivity index (χ1) is 10.0. The van der Waals surface area contributed by atoms with E-state index in [1.807, 2.05) is 0 Å². The van der Waals surface area contributed by atoms with E-state index in [4.69, 9.17) is 14.2 Å². The molecule has 0 spiro atoms. The normalized spacial score (nSPS) is 11.4. The van der Waals surface area contributed by atoms with Crippen LogP contribution in [0.4, 0.5) is 5.69 Å². The van der Waals surface area contributed by atoms with Gasteiger partial charge in [0.2, 0.25) is 11.5 Å². The van der Waals surface area contributed by atoms with Crippen molar-refractivity contribution in [3.8, 4) is 17.2 Å². The third kappa shape index (κ3) is 3.13. The molecular weight excluding hydrogens is 278 g/mol. The average Bonchev–Trinajstić information content (AvgIpc) is 2.49. The summed E-state index contributed by atoms with van der Waals surface area (Å²) in [6, 6.07) is 1.42. The first-order valence-electron chi connectivity index (χ1n) is 6.09. The number of benzene rings is 1. The molecule has 0 N–H and O–H groups in total. The highest BCUT2D eigenvalue weighted by atomic mass is 16.6. The van der Waals surface area contributed by atoms with E-state index >= 15 is 0 Å². The van der Waals surface area contributed by atoms with Gasteiger partial charge in [-0.1, -0.05) is 6.08 Å². The van der Waals surface area contributed by atoms with Crippen LogP contribution in [0.3, 0.4) is 0 Å². The molecule has 1 aromatic rings. The van der Waals surface area contributed by atoms with Gasteiger partial charge < -0.3 is 19.0 Å². The van der Waals surface area contributed by atoms with E-state index in [1.165, 1.54) is 33.5 Å². The number of hydrogen-bond acceptors (Lipinski definition) is 6. The molecule has 0 heterocycles. The van der Waals surface area contributed by atoms with Gasteiger partial charge in [0.15, 0.2) is 5.75 Å². The predicted octanol–water partition coefficient (Wildman–Crippen LogP) is 2.48. The molecule has 7 nitrogen and oxygen atoms in total. The summed E-state index contributed by atoms with van der Waals surface area (Å²) in [7, 11) is 4.04. The summed E-state index contributed by atoms with van der Waals surface area (Å²) in [6.45, 7) is 3.55. The molecule has 0 aliphatic heterocycles. The fourth-order valence-corrected chi connectivity index (χ4v) is 2.07. The van der Waals surface area contributed by atoms with Gasteiger partial charge >= 0.3 is 5.69 Å². The molecular formula is C14H17NO6. The largest absolute Gasteiger partial charge is 0.493 e. The van der Waals surface area contributed by atoms with Crippen LogP contribution >= 0.6 is 0 Å². The highest BCUT2D eigenvalue weighted by Crippen LogP contribution is 2.48. The van der Waals surface area contributed by atoms with E-state index in [0.717, 1.165) is 0 Å². The van der Waals surface area contributed by atoms with Gasteiger partial charge in [0, 0.05) is 5.56 Å². The Morgan fingerprint density at radius 1 is 1.29 bits per heavy atom. The molecule has 0 saturated carbocycles. The monoisotopic (exact) mass is 295 g/mol. The van der Waals surface area contributed by atoms with Crippen molar-refractivity contribution in [3.63, 3.8) is 0 Å². The second-order valence-corrected chi connectivity index (χ2v) is 4.11. The first kappa shape index (κ1) is 16.5. The number of nitrogens with zero attached hydrogens (tertiary/aromatic N) is 1. The summed E-state index contributed by atoms with van der Waals surface area (Å²) in [5.41, 5.74) is -0.112. The Hall–Kier alpha value is -2.57. The zero-order valence-electron chi connectivity index (χ0n) is 12.1. The molecule has 0 amide bonds. The zero-order valence-corrected chi connectivity index (χ0v) is 12.1. The van der Waals surface area contributed by atoms with Crippen LogP contribution in [0.15, 0.2) is 18.7 Å². The third-order valence-electron chi connectivity index (χ3n) is 3.00. The van der Waals surface area contributed by atoms with E-state index < -0.39 is 10.8 Å². The Labute approximate surface area is 122 Å². The van der Waals surface area contributed by atoms with E-state index in [1.54, 1.807) is 0 Å². The highest BCUT2D eigenvalue weighted by molar-refractivity contribution is 5.74. The Morgan fingerprint density at radius 3 is 2.29 bits per heavy atom. The van der Waals surface area contributed by atoms with Crippen molar-refractivity contribution in [1.29, 1.82) is 0 Å². The van der Waals surface area contributed by atoms with Crippen LogP contribution in [-0.2, 0) is 4.79 Å². The molecule has 0 aromatic heterocycles. The molecule has 0 aliphatic carbocycles. The average molecular weight is 295 g/mol. The maximum absolute atomic E-state index is 11.4. The van der Waals surface area contributed by atoms with Crippen LogP contribution in [0.2, 0.25) is 0 Å². The van der Waals surface area contributed by atoms with Crippen molar-refractivity contribution in [2.75, 3.05) is 21.3 Å².